The molecule has 0 spiro atoms. The van der Waals surface area contributed by atoms with E-state index in [1.165, 1.54) is 5.56 Å². The molecule has 0 aliphatic carbocycles. The Labute approximate surface area is 116 Å². The number of nitrogens with zero attached hydrogens (tertiary/aromatic N) is 1. The smallest absolute Gasteiger partial charge is 0.303 e. The van der Waals surface area contributed by atoms with Crippen molar-refractivity contribution >= 4 is 21.9 Å². The van der Waals surface area contributed by atoms with Crippen molar-refractivity contribution in [3.63, 3.8) is 0 Å². The van der Waals surface area contributed by atoms with Crippen molar-refractivity contribution in [2.45, 2.75) is 25.8 Å². The Bertz CT molecular complexity index is 422. The summed E-state index contributed by atoms with van der Waals surface area (Å²) in [5.74, 6) is -0.136. The van der Waals surface area contributed by atoms with Gasteiger partial charge in [-0.1, -0.05) is 34.1 Å². The van der Waals surface area contributed by atoms with Crippen molar-refractivity contribution in [2.75, 3.05) is 13.1 Å². The molecule has 1 aromatic carbocycles. The molecule has 0 amide bonds. The van der Waals surface area contributed by atoms with Crippen LogP contribution in [0.2, 0.25) is 0 Å². The molecule has 1 fully saturated rings. The van der Waals surface area contributed by atoms with Gasteiger partial charge in [0.1, 0.15) is 0 Å². The summed E-state index contributed by atoms with van der Waals surface area (Å²) < 4.78 is 1.15. The van der Waals surface area contributed by atoms with Crippen LogP contribution in [0.25, 0.3) is 0 Å². The van der Waals surface area contributed by atoms with Crippen LogP contribution in [0.3, 0.4) is 0 Å². The average Bonchev–Trinajstić information content (AvgIpc) is 2.77. The molecule has 1 heterocycles. The maximum Gasteiger partial charge on any atom is 0.303 e. The second-order valence-corrected chi connectivity index (χ2v) is 5.77. The Hall–Kier alpha value is -0.870. The first kappa shape index (κ1) is 13.6. The van der Waals surface area contributed by atoms with Gasteiger partial charge in [0.2, 0.25) is 0 Å². The molecule has 0 bridgehead atoms. The van der Waals surface area contributed by atoms with Gasteiger partial charge in [0, 0.05) is 24.0 Å². The zero-order valence-electron chi connectivity index (χ0n) is 10.3. The predicted octanol–water partition coefficient (Wildman–Crippen LogP) is 3.14. The normalized spacial score (nSPS) is 20.2. The van der Waals surface area contributed by atoms with Crippen molar-refractivity contribution in [1.29, 1.82) is 0 Å². The lowest BCUT2D eigenvalue weighted by Crippen LogP contribution is -2.20. The summed E-state index contributed by atoms with van der Waals surface area (Å²) in [6.07, 6.45) is 2.23. The summed E-state index contributed by atoms with van der Waals surface area (Å²) in [4.78, 5) is 13.0. The highest BCUT2D eigenvalue weighted by molar-refractivity contribution is 9.10. The molecule has 1 aromatic rings. The standard InChI is InChI=1S/C14H18BrNO2/c15-13-4-2-1-3-12(13)10-16-8-7-11(9-16)5-6-14(17)18/h1-4,11H,5-10H2,(H,17,18). The van der Waals surface area contributed by atoms with Gasteiger partial charge in [-0.25, -0.2) is 0 Å². The molecule has 1 aliphatic rings. The summed E-state index contributed by atoms with van der Waals surface area (Å²) in [6.45, 7) is 3.05. The minimum atomic E-state index is -0.681. The van der Waals surface area contributed by atoms with Gasteiger partial charge < -0.3 is 5.11 Å². The van der Waals surface area contributed by atoms with E-state index in [4.69, 9.17) is 5.11 Å². The lowest BCUT2D eigenvalue weighted by atomic mass is 10.0. The quantitative estimate of drug-likeness (QED) is 0.908. The second-order valence-electron chi connectivity index (χ2n) is 4.91. The molecular weight excluding hydrogens is 294 g/mol. The van der Waals surface area contributed by atoms with Crippen molar-refractivity contribution in [2.24, 2.45) is 5.92 Å². The van der Waals surface area contributed by atoms with Crippen LogP contribution < -0.4 is 0 Å². The number of carboxylic acid groups (broad SMARTS) is 1. The molecule has 1 atom stereocenters. The van der Waals surface area contributed by atoms with Crippen molar-refractivity contribution in [3.8, 4) is 0 Å². The van der Waals surface area contributed by atoms with Crippen LogP contribution in [-0.4, -0.2) is 29.1 Å². The summed E-state index contributed by atoms with van der Waals surface area (Å²) in [6, 6.07) is 8.27. The van der Waals surface area contributed by atoms with E-state index in [-0.39, 0.29) is 0 Å². The Morgan fingerprint density at radius 1 is 1.44 bits per heavy atom. The molecule has 0 saturated carbocycles. The lowest BCUT2D eigenvalue weighted by molar-refractivity contribution is -0.137. The van der Waals surface area contributed by atoms with E-state index >= 15 is 0 Å². The molecule has 1 aliphatic heterocycles. The van der Waals surface area contributed by atoms with Gasteiger partial charge in [0.15, 0.2) is 0 Å². The van der Waals surface area contributed by atoms with E-state index in [9.17, 15) is 4.79 Å². The molecule has 1 saturated heterocycles. The number of likely N-dealkylation sites (tertiary alicyclic amines) is 1. The number of rotatable bonds is 5. The molecule has 1 N–H and O–H groups in total. The molecular formula is C14H18BrNO2. The molecule has 98 valence electrons. The molecule has 0 radical (unpaired) electrons. The average molecular weight is 312 g/mol. The van der Waals surface area contributed by atoms with Crippen LogP contribution in [0, 0.1) is 5.92 Å². The molecule has 3 nitrogen and oxygen atoms in total. The van der Waals surface area contributed by atoms with Crippen LogP contribution >= 0.6 is 15.9 Å². The molecule has 18 heavy (non-hydrogen) atoms. The topological polar surface area (TPSA) is 40.5 Å². The fourth-order valence-electron chi connectivity index (χ4n) is 2.49. The van der Waals surface area contributed by atoms with Crippen LogP contribution in [0.5, 0.6) is 0 Å². The van der Waals surface area contributed by atoms with Crippen LogP contribution in [-0.2, 0) is 11.3 Å². The number of hydrogen-bond acceptors (Lipinski definition) is 2. The molecule has 1 unspecified atom stereocenters. The van der Waals surface area contributed by atoms with E-state index in [0.717, 1.165) is 36.9 Å². The van der Waals surface area contributed by atoms with E-state index in [1.807, 2.05) is 6.07 Å². The molecule has 4 heteroatoms. The van der Waals surface area contributed by atoms with Gasteiger partial charge in [-0.2, -0.15) is 0 Å². The lowest BCUT2D eigenvalue weighted by Gasteiger charge is -2.16. The van der Waals surface area contributed by atoms with Crippen molar-refractivity contribution in [3.05, 3.63) is 34.3 Å². The van der Waals surface area contributed by atoms with Gasteiger partial charge in [0.05, 0.1) is 0 Å². The maximum atomic E-state index is 10.6. The first-order valence-electron chi connectivity index (χ1n) is 6.32. The second kappa shape index (κ2) is 6.34. The third-order valence-corrected chi connectivity index (χ3v) is 4.26. The van der Waals surface area contributed by atoms with Gasteiger partial charge >= 0.3 is 5.97 Å². The monoisotopic (exact) mass is 311 g/mol. The number of aliphatic carboxylic acids is 1. The largest absolute Gasteiger partial charge is 0.481 e. The molecule has 2 rings (SSSR count). The van der Waals surface area contributed by atoms with Gasteiger partial charge in [-0.05, 0) is 36.9 Å². The Kier molecular flexibility index (Phi) is 4.78. The van der Waals surface area contributed by atoms with E-state index in [2.05, 4.69) is 39.0 Å². The van der Waals surface area contributed by atoms with Crippen molar-refractivity contribution < 1.29 is 9.90 Å². The van der Waals surface area contributed by atoms with E-state index in [1.54, 1.807) is 0 Å². The van der Waals surface area contributed by atoms with E-state index in [0.29, 0.717) is 12.3 Å². The SMILES string of the molecule is O=C(O)CCC1CCN(Cc2ccccc2Br)C1. The zero-order valence-corrected chi connectivity index (χ0v) is 11.9. The van der Waals surface area contributed by atoms with Crippen molar-refractivity contribution in [1.82, 2.24) is 4.90 Å². The van der Waals surface area contributed by atoms with Crippen LogP contribution in [0.4, 0.5) is 0 Å². The van der Waals surface area contributed by atoms with Gasteiger partial charge in [-0.3, -0.25) is 9.69 Å². The minimum Gasteiger partial charge on any atom is -0.481 e. The summed E-state index contributed by atoms with van der Waals surface area (Å²) in [5.41, 5.74) is 1.30. The van der Waals surface area contributed by atoms with Gasteiger partial charge in [0.25, 0.3) is 0 Å². The highest BCUT2D eigenvalue weighted by atomic mass is 79.9. The van der Waals surface area contributed by atoms with Crippen LogP contribution in [0.1, 0.15) is 24.8 Å². The number of benzene rings is 1. The Morgan fingerprint density at radius 2 is 2.22 bits per heavy atom. The first-order chi connectivity index (χ1) is 8.65. The van der Waals surface area contributed by atoms with E-state index < -0.39 is 5.97 Å². The fraction of sp³-hybridized carbons (Fsp3) is 0.500. The first-order valence-corrected chi connectivity index (χ1v) is 7.12. The maximum absolute atomic E-state index is 10.6. The summed E-state index contributed by atoms with van der Waals surface area (Å²) >= 11 is 3.56. The summed E-state index contributed by atoms with van der Waals surface area (Å²) in [5, 5.41) is 8.69. The summed E-state index contributed by atoms with van der Waals surface area (Å²) in [7, 11) is 0. The highest BCUT2D eigenvalue weighted by Crippen LogP contribution is 2.25. The highest BCUT2D eigenvalue weighted by Gasteiger charge is 2.23. The Balaban J connectivity index is 1.83. The number of carbonyl (C=O) groups is 1. The van der Waals surface area contributed by atoms with Gasteiger partial charge in [-0.15, -0.1) is 0 Å². The predicted molar refractivity (Wildman–Crippen MR) is 74.4 cm³/mol. The minimum absolute atomic E-state index is 0.299. The number of halogens is 1. The number of hydrogen-bond donors (Lipinski definition) is 1. The number of carboxylic acids is 1. The third kappa shape index (κ3) is 3.82. The fourth-order valence-corrected chi connectivity index (χ4v) is 2.90. The third-order valence-electron chi connectivity index (χ3n) is 3.49. The van der Waals surface area contributed by atoms with Crippen LogP contribution in [0.15, 0.2) is 28.7 Å². The zero-order chi connectivity index (χ0) is 13.0. The molecule has 0 aromatic heterocycles. The Morgan fingerprint density at radius 3 is 2.94 bits per heavy atom.